The largest absolute Gasteiger partial charge is 0.399 e. The monoisotopic (exact) mass is 266 g/mol. The Balaban J connectivity index is 1.71. The van der Waals surface area contributed by atoms with Crippen LogP contribution >= 0.6 is 0 Å². The van der Waals surface area contributed by atoms with Crippen LogP contribution in [0.2, 0.25) is 0 Å². The van der Waals surface area contributed by atoms with Crippen LogP contribution in [0.5, 0.6) is 0 Å². The van der Waals surface area contributed by atoms with Crippen LogP contribution in [0.3, 0.4) is 0 Å². The Morgan fingerprint density at radius 3 is 2.80 bits per heavy atom. The zero-order valence-corrected chi connectivity index (χ0v) is 11.4. The van der Waals surface area contributed by atoms with Gasteiger partial charge in [-0.05, 0) is 29.7 Å². The molecule has 1 heterocycles. The van der Waals surface area contributed by atoms with E-state index in [0.29, 0.717) is 5.92 Å². The SMILES string of the molecule is CC(CNc1nc2ccc(N)cc2[nH]1)c1ccccc1. The van der Waals surface area contributed by atoms with Gasteiger partial charge in [-0.2, -0.15) is 0 Å². The molecule has 1 aromatic heterocycles. The fraction of sp³-hybridized carbons (Fsp3) is 0.188. The van der Waals surface area contributed by atoms with Crippen molar-refractivity contribution < 1.29 is 0 Å². The molecular weight excluding hydrogens is 248 g/mol. The summed E-state index contributed by atoms with van der Waals surface area (Å²) >= 11 is 0. The van der Waals surface area contributed by atoms with Gasteiger partial charge in [0.05, 0.1) is 11.0 Å². The first-order valence-electron chi connectivity index (χ1n) is 6.76. The standard InChI is InChI=1S/C16H18N4/c1-11(12-5-3-2-4-6-12)10-18-16-19-14-8-7-13(17)9-15(14)20-16/h2-9,11H,10,17H2,1H3,(H2,18,19,20). The van der Waals surface area contributed by atoms with Gasteiger partial charge in [0.15, 0.2) is 0 Å². The lowest BCUT2D eigenvalue weighted by Gasteiger charge is -2.12. The summed E-state index contributed by atoms with van der Waals surface area (Å²) in [6.07, 6.45) is 0. The number of aromatic amines is 1. The fourth-order valence-corrected chi connectivity index (χ4v) is 2.26. The number of fused-ring (bicyclic) bond motifs is 1. The van der Waals surface area contributed by atoms with Gasteiger partial charge in [-0.3, -0.25) is 0 Å². The summed E-state index contributed by atoms with van der Waals surface area (Å²) in [5, 5.41) is 3.34. The average Bonchev–Trinajstić information content (AvgIpc) is 2.87. The molecule has 0 saturated heterocycles. The molecule has 1 unspecified atom stereocenters. The Morgan fingerprint density at radius 2 is 2.00 bits per heavy atom. The molecule has 1 atom stereocenters. The van der Waals surface area contributed by atoms with Crippen molar-refractivity contribution in [2.45, 2.75) is 12.8 Å². The number of nitrogens with one attached hydrogen (secondary N) is 2. The van der Waals surface area contributed by atoms with Crippen LogP contribution in [0, 0.1) is 0 Å². The van der Waals surface area contributed by atoms with Crippen LogP contribution in [0.25, 0.3) is 11.0 Å². The van der Waals surface area contributed by atoms with E-state index in [9.17, 15) is 0 Å². The minimum atomic E-state index is 0.425. The number of anilines is 2. The second kappa shape index (κ2) is 5.25. The minimum absolute atomic E-state index is 0.425. The summed E-state index contributed by atoms with van der Waals surface area (Å²) in [4.78, 5) is 7.74. The minimum Gasteiger partial charge on any atom is -0.399 e. The summed E-state index contributed by atoms with van der Waals surface area (Å²) in [5.41, 5.74) is 9.71. The van der Waals surface area contributed by atoms with Crippen LogP contribution in [0.4, 0.5) is 11.6 Å². The third-order valence-electron chi connectivity index (χ3n) is 3.45. The number of rotatable bonds is 4. The van der Waals surface area contributed by atoms with Crippen molar-refractivity contribution in [1.82, 2.24) is 9.97 Å². The summed E-state index contributed by atoms with van der Waals surface area (Å²) in [6.45, 7) is 3.03. The lowest BCUT2D eigenvalue weighted by Crippen LogP contribution is -2.10. The van der Waals surface area contributed by atoms with Crippen molar-refractivity contribution in [3.8, 4) is 0 Å². The fourth-order valence-electron chi connectivity index (χ4n) is 2.26. The number of H-pyrrole nitrogens is 1. The summed E-state index contributed by atoms with van der Waals surface area (Å²) in [7, 11) is 0. The molecule has 0 saturated carbocycles. The second-order valence-electron chi connectivity index (χ2n) is 5.05. The summed E-state index contributed by atoms with van der Waals surface area (Å²) < 4.78 is 0. The molecule has 0 aliphatic heterocycles. The molecule has 4 N–H and O–H groups in total. The third kappa shape index (κ3) is 2.59. The molecule has 0 spiro atoms. The molecule has 0 aliphatic carbocycles. The molecular formula is C16H18N4. The number of nitrogen functional groups attached to an aromatic ring is 1. The van der Waals surface area contributed by atoms with Crippen molar-refractivity contribution in [1.29, 1.82) is 0 Å². The molecule has 0 fully saturated rings. The maximum absolute atomic E-state index is 5.76. The van der Waals surface area contributed by atoms with Gasteiger partial charge in [0, 0.05) is 12.2 Å². The summed E-state index contributed by atoms with van der Waals surface area (Å²) in [5.74, 6) is 1.21. The Hall–Kier alpha value is -2.49. The molecule has 4 nitrogen and oxygen atoms in total. The van der Waals surface area contributed by atoms with Gasteiger partial charge in [-0.25, -0.2) is 4.98 Å². The van der Waals surface area contributed by atoms with Gasteiger partial charge >= 0.3 is 0 Å². The molecule has 4 heteroatoms. The maximum Gasteiger partial charge on any atom is 0.201 e. The van der Waals surface area contributed by atoms with E-state index in [0.717, 1.165) is 29.2 Å². The first kappa shape index (κ1) is 12.5. The number of nitrogens with two attached hydrogens (primary N) is 1. The van der Waals surface area contributed by atoms with Crippen LogP contribution in [0.1, 0.15) is 18.4 Å². The Morgan fingerprint density at radius 1 is 1.20 bits per heavy atom. The highest BCUT2D eigenvalue weighted by molar-refractivity contribution is 5.80. The molecule has 3 rings (SSSR count). The number of imidazole rings is 1. The van der Waals surface area contributed by atoms with E-state index in [1.165, 1.54) is 5.56 Å². The molecule has 0 radical (unpaired) electrons. The number of hydrogen-bond acceptors (Lipinski definition) is 3. The van der Waals surface area contributed by atoms with Crippen molar-refractivity contribution in [2.75, 3.05) is 17.6 Å². The normalized spacial score (nSPS) is 12.4. The number of benzene rings is 2. The molecule has 20 heavy (non-hydrogen) atoms. The highest BCUT2D eigenvalue weighted by atomic mass is 15.1. The summed E-state index contributed by atoms with van der Waals surface area (Å²) in [6, 6.07) is 16.1. The molecule has 2 aromatic carbocycles. The van der Waals surface area contributed by atoms with Gasteiger partial charge in [0.1, 0.15) is 0 Å². The third-order valence-corrected chi connectivity index (χ3v) is 3.45. The van der Waals surface area contributed by atoms with E-state index in [-0.39, 0.29) is 0 Å². The van der Waals surface area contributed by atoms with Gasteiger partial charge < -0.3 is 16.0 Å². The number of hydrogen-bond donors (Lipinski definition) is 3. The lowest BCUT2D eigenvalue weighted by atomic mass is 10.0. The molecule has 3 aromatic rings. The van der Waals surface area contributed by atoms with Crippen molar-refractivity contribution in [3.63, 3.8) is 0 Å². The van der Waals surface area contributed by atoms with Crippen LogP contribution < -0.4 is 11.1 Å². The first-order valence-corrected chi connectivity index (χ1v) is 6.76. The molecule has 102 valence electrons. The van der Waals surface area contributed by atoms with Crippen LogP contribution in [-0.2, 0) is 0 Å². The van der Waals surface area contributed by atoms with E-state index in [1.807, 2.05) is 24.3 Å². The Kier molecular flexibility index (Phi) is 3.29. The quantitative estimate of drug-likeness (QED) is 0.634. The zero-order chi connectivity index (χ0) is 13.9. The highest BCUT2D eigenvalue weighted by Crippen LogP contribution is 2.19. The zero-order valence-electron chi connectivity index (χ0n) is 11.4. The maximum atomic E-state index is 5.76. The second-order valence-corrected chi connectivity index (χ2v) is 5.05. The smallest absolute Gasteiger partial charge is 0.201 e. The molecule has 0 bridgehead atoms. The predicted octanol–water partition coefficient (Wildman–Crippen LogP) is 3.36. The first-order chi connectivity index (χ1) is 9.72. The van der Waals surface area contributed by atoms with E-state index < -0.39 is 0 Å². The molecule has 0 aliphatic rings. The Bertz CT molecular complexity index is 703. The lowest BCUT2D eigenvalue weighted by molar-refractivity contribution is 0.799. The Labute approximate surface area is 118 Å². The highest BCUT2D eigenvalue weighted by Gasteiger charge is 2.07. The topological polar surface area (TPSA) is 66.7 Å². The van der Waals surface area contributed by atoms with Crippen LogP contribution in [0.15, 0.2) is 48.5 Å². The van der Waals surface area contributed by atoms with E-state index in [2.05, 4.69) is 46.5 Å². The average molecular weight is 266 g/mol. The van der Waals surface area contributed by atoms with E-state index in [1.54, 1.807) is 0 Å². The van der Waals surface area contributed by atoms with Crippen molar-refractivity contribution >= 4 is 22.7 Å². The van der Waals surface area contributed by atoms with Gasteiger partial charge in [0.2, 0.25) is 5.95 Å². The van der Waals surface area contributed by atoms with E-state index >= 15 is 0 Å². The van der Waals surface area contributed by atoms with Crippen molar-refractivity contribution in [3.05, 3.63) is 54.1 Å². The van der Waals surface area contributed by atoms with Gasteiger partial charge in [0.25, 0.3) is 0 Å². The van der Waals surface area contributed by atoms with Gasteiger partial charge in [-0.15, -0.1) is 0 Å². The van der Waals surface area contributed by atoms with Gasteiger partial charge in [-0.1, -0.05) is 37.3 Å². The van der Waals surface area contributed by atoms with E-state index in [4.69, 9.17) is 5.73 Å². The van der Waals surface area contributed by atoms with Crippen molar-refractivity contribution in [2.24, 2.45) is 0 Å². The van der Waals surface area contributed by atoms with Crippen LogP contribution in [-0.4, -0.2) is 16.5 Å². The predicted molar refractivity (Wildman–Crippen MR) is 83.9 cm³/mol. The number of aromatic nitrogens is 2. The molecule has 0 amide bonds. The number of nitrogens with zero attached hydrogens (tertiary/aromatic N) is 1.